The first-order chi connectivity index (χ1) is 14.1. The van der Waals surface area contributed by atoms with Crippen LogP contribution < -0.4 is 5.32 Å². The Hall–Kier alpha value is -4.12. The summed E-state index contributed by atoms with van der Waals surface area (Å²) in [6.45, 7) is 0. The molecule has 0 saturated heterocycles. The highest BCUT2D eigenvalue weighted by molar-refractivity contribution is 6.06. The molecule has 1 amide bonds. The highest BCUT2D eigenvalue weighted by atomic mass is 16.4. The number of rotatable bonds is 5. The number of hydrogen-bond acceptors (Lipinski definition) is 3. The number of carbonyl (C=O) groups is 2. The number of anilines is 1. The first-order valence-electron chi connectivity index (χ1n) is 9.00. The lowest BCUT2D eigenvalue weighted by Gasteiger charge is -2.08. The van der Waals surface area contributed by atoms with Crippen LogP contribution in [0.3, 0.4) is 0 Å². The molecule has 5 heteroatoms. The van der Waals surface area contributed by atoms with E-state index in [4.69, 9.17) is 4.42 Å². The van der Waals surface area contributed by atoms with Crippen LogP contribution in [0, 0.1) is 0 Å². The summed E-state index contributed by atoms with van der Waals surface area (Å²) in [6, 6.07) is 23.6. The molecule has 0 aliphatic carbocycles. The van der Waals surface area contributed by atoms with Crippen LogP contribution in [0.1, 0.15) is 15.9 Å². The van der Waals surface area contributed by atoms with Crippen LogP contribution in [-0.4, -0.2) is 17.0 Å². The third-order valence-electron chi connectivity index (χ3n) is 4.44. The number of nitrogens with one attached hydrogen (secondary N) is 1. The monoisotopic (exact) mass is 383 g/mol. The van der Waals surface area contributed by atoms with Crippen LogP contribution in [0.25, 0.3) is 28.4 Å². The summed E-state index contributed by atoms with van der Waals surface area (Å²) in [5.41, 5.74) is 2.50. The molecular weight excluding hydrogens is 366 g/mol. The van der Waals surface area contributed by atoms with E-state index in [0.717, 1.165) is 16.5 Å². The number of fused-ring (bicyclic) bond motifs is 1. The van der Waals surface area contributed by atoms with E-state index in [2.05, 4.69) is 5.32 Å². The standard InChI is InChI=1S/C24H17NO4/c26-23(13-10-16-6-2-1-3-7-16)25-20-14-18(11-12-19(20)24(27)28)22-15-17-8-4-5-9-21(17)29-22/h1-15H,(H,25,26)(H,27,28). The minimum atomic E-state index is -1.12. The van der Waals surface area contributed by atoms with Crippen molar-refractivity contribution in [2.24, 2.45) is 0 Å². The maximum absolute atomic E-state index is 12.3. The zero-order valence-corrected chi connectivity index (χ0v) is 15.3. The summed E-state index contributed by atoms with van der Waals surface area (Å²) in [7, 11) is 0. The number of furan rings is 1. The highest BCUT2D eigenvalue weighted by Crippen LogP contribution is 2.30. The van der Waals surface area contributed by atoms with Crippen molar-refractivity contribution in [1.82, 2.24) is 0 Å². The maximum Gasteiger partial charge on any atom is 0.337 e. The number of hydrogen-bond donors (Lipinski definition) is 2. The number of benzene rings is 3. The Balaban J connectivity index is 1.64. The van der Waals surface area contributed by atoms with Gasteiger partial charge in [0, 0.05) is 17.0 Å². The maximum atomic E-state index is 12.3. The molecule has 3 aromatic carbocycles. The van der Waals surface area contributed by atoms with Crippen molar-refractivity contribution in [2.75, 3.05) is 5.32 Å². The molecule has 0 atom stereocenters. The normalized spacial score (nSPS) is 11.0. The number of amides is 1. The average molecular weight is 383 g/mol. The van der Waals surface area contributed by atoms with Crippen LogP contribution in [0.5, 0.6) is 0 Å². The van der Waals surface area contributed by atoms with Gasteiger partial charge in [0.1, 0.15) is 11.3 Å². The van der Waals surface area contributed by atoms with Crippen LogP contribution in [0.2, 0.25) is 0 Å². The van der Waals surface area contributed by atoms with Crippen molar-refractivity contribution in [1.29, 1.82) is 0 Å². The van der Waals surface area contributed by atoms with Crippen LogP contribution in [0.4, 0.5) is 5.69 Å². The van der Waals surface area contributed by atoms with Crippen LogP contribution in [0.15, 0.2) is 89.4 Å². The second kappa shape index (κ2) is 7.86. The molecule has 29 heavy (non-hydrogen) atoms. The minimum Gasteiger partial charge on any atom is -0.478 e. The van der Waals surface area contributed by atoms with Gasteiger partial charge in [-0.15, -0.1) is 0 Å². The number of carboxylic acids is 1. The van der Waals surface area contributed by atoms with E-state index in [1.165, 1.54) is 12.1 Å². The Bertz CT molecular complexity index is 1190. The number of aromatic carboxylic acids is 1. The molecule has 0 aliphatic heterocycles. The molecule has 0 saturated carbocycles. The third kappa shape index (κ3) is 4.09. The van der Waals surface area contributed by atoms with Gasteiger partial charge in [0.05, 0.1) is 11.3 Å². The van der Waals surface area contributed by atoms with Gasteiger partial charge in [0.2, 0.25) is 5.91 Å². The minimum absolute atomic E-state index is 0.00585. The molecule has 0 radical (unpaired) electrons. The summed E-state index contributed by atoms with van der Waals surface area (Å²) in [5, 5.41) is 13.1. The molecular formula is C24H17NO4. The molecule has 4 aromatic rings. The van der Waals surface area contributed by atoms with Crippen molar-refractivity contribution >= 4 is 34.6 Å². The second-order valence-electron chi connectivity index (χ2n) is 6.45. The van der Waals surface area contributed by atoms with Gasteiger partial charge in [0.15, 0.2) is 0 Å². The van der Waals surface area contributed by atoms with Crippen molar-refractivity contribution in [3.05, 3.63) is 96.1 Å². The molecule has 0 bridgehead atoms. The molecule has 5 nitrogen and oxygen atoms in total. The lowest BCUT2D eigenvalue weighted by atomic mass is 10.1. The quantitative estimate of drug-likeness (QED) is 0.449. The van der Waals surface area contributed by atoms with Gasteiger partial charge in [-0.25, -0.2) is 4.79 Å². The van der Waals surface area contributed by atoms with Crippen LogP contribution >= 0.6 is 0 Å². The SMILES string of the molecule is O=C(C=Cc1ccccc1)Nc1cc(-c2cc3ccccc3o2)ccc1C(=O)O. The highest BCUT2D eigenvalue weighted by Gasteiger charge is 2.15. The molecule has 0 fully saturated rings. The fourth-order valence-corrected chi connectivity index (χ4v) is 3.02. The molecule has 0 unspecified atom stereocenters. The van der Waals surface area contributed by atoms with E-state index in [-0.39, 0.29) is 11.3 Å². The fourth-order valence-electron chi connectivity index (χ4n) is 3.02. The lowest BCUT2D eigenvalue weighted by molar-refractivity contribution is -0.111. The number of para-hydroxylation sites is 1. The molecule has 1 aromatic heterocycles. The molecule has 142 valence electrons. The van der Waals surface area contributed by atoms with Gasteiger partial charge in [-0.3, -0.25) is 4.79 Å². The van der Waals surface area contributed by atoms with Crippen molar-refractivity contribution in [3.63, 3.8) is 0 Å². The Morgan fingerprint density at radius 3 is 2.41 bits per heavy atom. The Labute approximate surface area is 166 Å². The third-order valence-corrected chi connectivity index (χ3v) is 4.44. The largest absolute Gasteiger partial charge is 0.478 e. The Kier molecular flexibility index (Phi) is 4.95. The predicted octanol–water partition coefficient (Wildman–Crippen LogP) is 5.45. The molecule has 0 aliphatic rings. The predicted molar refractivity (Wildman–Crippen MR) is 113 cm³/mol. The average Bonchev–Trinajstić information content (AvgIpc) is 3.17. The Morgan fingerprint density at radius 2 is 1.66 bits per heavy atom. The first-order valence-corrected chi connectivity index (χ1v) is 9.00. The van der Waals surface area contributed by atoms with Crippen molar-refractivity contribution in [2.45, 2.75) is 0 Å². The van der Waals surface area contributed by atoms with Gasteiger partial charge < -0.3 is 14.8 Å². The zero-order valence-electron chi connectivity index (χ0n) is 15.3. The van der Waals surface area contributed by atoms with Gasteiger partial charge >= 0.3 is 5.97 Å². The first kappa shape index (κ1) is 18.3. The van der Waals surface area contributed by atoms with Crippen molar-refractivity contribution < 1.29 is 19.1 Å². The van der Waals surface area contributed by atoms with Crippen LogP contribution in [-0.2, 0) is 4.79 Å². The summed E-state index contributed by atoms with van der Waals surface area (Å²) in [4.78, 5) is 23.9. The number of carbonyl (C=O) groups excluding carboxylic acids is 1. The molecule has 4 rings (SSSR count). The van der Waals surface area contributed by atoms with Gasteiger partial charge in [-0.1, -0.05) is 54.6 Å². The summed E-state index contributed by atoms with van der Waals surface area (Å²) in [5.74, 6) is -0.944. The van der Waals surface area contributed by atoms with Gasteiger partial charge in [-0.05, 0) is 35.9 Å². The molecule has 0 spiro atoms. The summed E-state index contributed by atoms with van der Waals surface area (Å²) >= 11 is 0. The van der Waals surface area contributed by atoms with E-state index >= 15 is 0 Å². The van der Waals surface area contributed by atoms with E-state index in [1.54, 1.807) is 18.2 Å². The topological polar surface area (TPSA) is 79.5 Å². The van der Waals surface area contributed by atoms with E-state index in [9.17, 15) is 14.7 Å². The molecule has 2 N–H and O–H groups in total. The smallest absolute Gasteiger partial charge is 0.337 e. The van der Waals surface area contributed by atoms with E-state index in [1.807, 2.05) is 60.7 Å². The zero-order chi connectivity index (χ0) is 20.2. The fraction of sp³-hybridized carbons (Fsp3) is 0. The van der Waals surface area contributed by atoms with E-state index in [0.29, 0.717) is 11.3 Å². The van der Waals surface area contributed by atoms with Gasteiger partial charge in [0.25, 0.3) is 0 Å². The second-order valence-corrected chi connectivity index (χ2v) is 6.45. The summed E-state index contributed by atoms with van der Waals surface area (Å²) in [6.07, 6.45) is 3.04. The van der Waals surface area contributed by atoms with Crippen molar-refractivity contribution in [3.8, 4) is 11.3 Å². The number of carboxylic acid groups (broad SMARTS) is 1. The summed E-state index contributed by atoms with van der Waals surface area (Å²) < 4.78 is 5.85. The molecule has 1 heterocycles. The Morgan fingerprint density at radius 1 is 0.897 bits per heavy atom. The lowest BCUT2D eigenvalue weighted by Crippen LogP contribution is -2.12. The van der Waals surface area contributed by atoms with Gasteiger partial charge in [-0.2, -0.15) is 0 Å². The van der Waals surface area contributed by atoms with E-state index < -0.39 is 11.9 Å².